The number of benzene rings is 1. The standard InChI is InChI=1S/C18H26/c1-5-17-11-13-18(14-12-17)10-9-16(4)8-6-7-15(2)3/h1,11-16H,6-10H2,2-4H3. The minimum Gasteiger partial charge on any atom is -0.115 e. The predicted molar refractivity (Wildman–Crippen MR) is 80.6 cm³/mol. The molecule has 0 fully saturated rings. The molecule has 1 aromatic rings. The van der Waals surface area contributed by atoms with Crippen LogP contribution in [-0.2, 0) is 6.42 Å². The van der Waals surface area contributed by atoms with Crippen LogP contribution >= 0.6 is 0 Å². The van der Waals surface area contributed by atoms with Gasteiger partial charge in [0.15, 0.2) is 0 Å². The van der Waals surface area contributed by atoms with Crippen LogP contribution in [0.2, 0.25) is 0 Å². The second-order valence-electron chi connectivity index (χ2n) is 5.81. The molecular formula is C18H26. The van der Waals surface area contributed by atoms with Gasteiger partial charge >= 0.3 is 0 Å². The van der Waals surface area contributed by atoms with Crippen molar-refractivity contribution in [3.63, 3.8) is 0 Å². The van der Waals surface area contributed by atoms with Crippen molar-refractivity contribution < 1.29 is 0 Å². The molecule has 1 atom stereocenters. The molecule has 0 aliphatic rings. The molecule has 0 aromatic heterocycles. The van der Waals surface area contributed by atoms with Gasteiger partial charge in [-0.25, -0.2) is 0 Å². The maximum absolute atomic E-state index is 5.35. The van der Waals surface area contributed by atoms with Gasteiger partial charge in [0.1, 0.15) is 0 Å². The van der Waals surface area contributed by atoms with Gasteiger partial charge in [0.25, 0.3) is 0 Å². The second-order valence-corrected chi connectivity index (χ2v) is 5.81. The van der Waals surface area contributed by atoms with Crippen molar-refractivity contribution >= 4 is 0 Å². The van der Waals surface area contributed by atoms with Crippen LogP contribution in [0.5, 0.6) is 0 Å². The van der Waals surface area contributed by atoms with Gasteiger partial charge in [-0.15, -0.1) is 6.42 Å². The summed E-state index contributed by atoms with van der Waals surface area (Å²) in [6.07, 6.45) is 11.9. The molecular weight excluding hydrogens is 216 g/mol. The van der Waals surface area contributed by atoms with Gasteiger partial charge in [-0.1, -0.05) is 58.1 Å². The summed E-state index contributed by atoms with van der Waals surface area (Å²) in [5, 5.41) is 0. The van der Waals surface area contributed by atoms with Crippen LogP contribution in [0.15, 0.2) is 24.3 Å². The fraction of sp³-hybridized carbons (Fsp3) is 0.556. The number of aryl methyl sites for hydroxylation is 1. The lowest BCUT2D eigenvalue weighted by Crippen LogP contribution is -1.99. The van der Waals surface area contributed by atoms with Crippen LogP contribution < -0.4 is 0 Å². The van der Waals surface area contributed by atoms with E-state index in [-0.39, 0.29) is 0 Å². The molecule has 18 heavy (non-hydrogen) atoms. The van der Waals surface area contributed by atoms with Gasteiger partial charge in [0, 0.05) is 5.56 Å². The van der Waals surface area contributed by atoms with Gasteiger partial charge in [0.2, 0.25) is 0 Å². The summed E-state index contributed by atoms with van der Waals surface area (Å²) in [5.41, 5.74) is 2.38. The second kappa shape index (κ2) is 7.98. The molecule has 0 saturated carbocycles. The Balaban J connectivity index is 2.25. The molecule has 0 heteroatoms. The third kappa shape index (κ3) is 5.92. The maximum Gasteiger partial charge on any atom is 0.0242 e. The fourth-order valence-corrected chi connectivity index (χ4v) is 2.20. The third-order valence-corrected chi connectivity index (χ3v) is 3.52. The van der Waals surface area contributed by atoms with E-state index < -0.39 is 0 Å². The summed E-state index contributed by atoms with van der Waals surface area (Å²) >= 11 is 0. The molecule has 0 aliphatic heterocycles. The van der Waals surface area contributed by atoms with Crippen molar-refractivity contribution in [2.75, 3.05) is 0 Å². The maximum atomic E-state index is 5.35. The van der Waals surface area contributed by atoms with Crippen LogP contribution in [0.4, 0.5) is 0 Å². The van der Waals surface area contributed by atoms with Crippen LogP contribution in [0.1, 0.15) is 57.6 Å². The summed E-state index contributed by atoms with van der Waals surface area (Å²) in [6.45, 7) is 6.98. The highest BCUT2D eigenvalue weighted by atomic mass is 14.1. The Morgan fingerprint density at radius 1 is 1.00 bits per heavy atom. The van der Waals surface area contributed by atoms with Crippen LogP contribution in [-0.4, -0.2) is 0 Å². The smallest absolute Gasteiger partial charge is 0.0242 e. The van der Waals surface area contributed by atoms with E-state index in [1.165, 1.54) is 37.7 Å². The lowest BCUT2D eigenvalue weighted by atomic mass is 9.94. The summed E-state index contributed by atoms with van der Waals surface area (Å²) in [7, 11) is 0. The average molecular weight is 242 g/mol. The molecule has 0 saturated heterocycles. The van der Waals surface area contributed by atoms with E-state index >= 15 is 0 Å². The molecule has 0 amide bonds. The third-order valence-electron chi connectivity index (χ3n) is 3.52. The molecule has 1 rings (SSSR count). The first-order valence-electron chi connectivity index (χ1n) is 7.17. The van der Waals surface area contributed by atoms with E-state index in [2.05, 4.69) is 38.8 Å². The van der Waals surface area contributed by atoms with Crippen molar-refractivity contribution in [3.05, 3.63) is 35.4 Å². The Bertz CT molecular complexity index is 364. The summed E-state index contributed by atoms with van der Waals surface area (Å²) < 4.78 is 0. The van der Waals surface area contributed by atoms with E-state index in [9.17, 15) is 0 Å². The highest BCUT2D eigenvalue weighted by Gasteiger charge is 2.04. The SMILES string of the molecule is C#Cc1ccc(CCC(C)CCCC(C)C)cc1. The zero-order valence-corrected chi connectivity index (χ0v) is 12.1. The fourth-order valence-electron chi connectivity index (χ4n) is 2.20. The molecule has 1 unspecified atom stereocenters. The molecule has 1 aromatic carbocycles. The molecule has 0 aliphatic carbocycles. The average Bonchev–Trinajstić information content (AvgIpc) is 2.36. The quantitative estimate of drug-likeness (QED) is 0.586. The predicted octanol–water partition coefficient (Wildman–Crippen LogP) is 5.06. The van der Waals surface area contributed by atoms with Gasteiger partial charge in [-0.2, -0.15) is 0 Å². The highest BCUT2D eigenvalue weighted by Crippen LogP contribution is 2.17. The number of hydrogen-bond acceptors (Lipinski definition) is 0. The summed E-state index contributed by atoms with van der Waals surface area (Å²) in [5.74, 6) is 4.33. The Labute approximate surface area is 113 Å². The van der Waals surface area contributed by atoms with E-state index in [1.807, 2.05) is 12.1 Å². The van der Waals surface area contributed by atoms with Gasteiger partial charge in [0.05, 0.1) is 0 Å². The van der Waals surface area contributed by atoms with Crippen LogP contribution in [0.3, 0.4) is 0 Å². The Morgan fingerprint density at radius 2 is 1.67 bits per heavy atom. The summed E-state index contributed by atoms with van der Waals surface area (Å²) in [6, 6.07) is 8.41. The minimum atomic E-state index is 0.830. The minimum absolute atomic E-state index is 0.830. The lowest BCUT2D eigenvalue weighted by molar-refractivity contribution is 0.437. The highest BCUT2D eigenvalue weighted by molar-refractivity contribution is 5.34. The van der Waals surface area contributed by atoms with E-state index in [4.69, 9.17) is 6.42 Å². The van der Waals surface area contributed by atoms with Gasteiger partial charge < -0.3 is 0 Å². The first-order valence-corrected chi connectivity index (χ1v) is 7.17. The number of terminal acetylenes is 1. The molecule has 0 N–H and O–H groups in total. The monoisotopic (exact) mass is 242 g/mol. The zero-order valence-electron chi connectivity index (χ0n) is 12.1. The zero-order chi connectivity index (χ0) is 13.4. The Kier molecular flexibility index (Phi) is 6.58. The molecule has 0 heterocycles. The van der Waals surface area contributed by atoms with Crippen LogP contribution in [0.25, 0.3) is 0 Å². The Morgan fingerprint density at radius 3 is 2.22 bits per heavy atom. The lowest BCUT2D eigenvalue weighted by Gasteiger charge is -2.12. The summed E-state index contributed by atoms with van der Waals surface area (Å²) in [4.78, 5) is 0. The first kappa shape index (κ1) is 14.8. The van der Waals surface area contributed by atoms with Crippen molar-refractivity contribution in [2.45, 2.75) is 52.9 Å². The largest absolute Gasteiger partial charge is 0.115 e. The molecule has 0 radical (unpaired) electrons. The topological polar surface area (TPSA) is 0 Å². The molecule has 0 bridgehead atoms. The van der Waals surface area contributed by atoms with E-state index in [0.29, 0.717) is 0 Å². The molecule has 98 valence electrons. The molecule has 0 nitrogen and oxygen atoms in total. The van der Waals surface area contributed by atoms with Crippen molar-refractivity contribution in [1.29, 1.82) is 0 Å². The van der Waals surface area contributed by atoms with E-state index in [0.717, 1.165) is 17.4 Å². The van der Waals surface area contributed by atoms with E-state index in [1.54, 1.807) is 0 Å². The van der Waals surface area contributed by atoms with Gasteiger partial charge in [-0.3, -0.25) is 0 Å². The first-order chi connectivity index (χ1) is 8.61. The normalized spacial score (nSPS) is 12.4. The number of hydrogen-bond donors (Lipinski definition) is 0. The van der Waals surface area contributed by atoms with Gasteiger partial charge in [-0.05, 0) is 42.4 Å². The van der Waals surface area contributed by atoms with Crippen molar-refractivity contribution in [3.8, 4) is 12.3 Å². The van der Waals surface area contributed by atoms with Crippen LogP contribution in [0, 0.1) is 24.2 Å². The van der Waals surface area contributed by atoms with Crippen molar-refractivity contribution in [1.82, 2.24) is 0 Å². The number of rotatable bonds is 7. The Hall–Kier alpha value is -1.22. The molecule has 0 spiro atoms. The van der Waals surface area contributed by atoms with Crippen molar-refractivity contribution in [2.24, 2.45) is 11.8 Å².